The van der Waals surface area contributed by atoms with E-state index in [1.807, 2.05) is 29.8 Å². The van der Waals surface area contributed by atoms with Gasteiger partial charge in [-0.2, -0.15) is 0 Å². The summed E-state index contributed by atoms with van der Waals surface area (Å²) in [5, 5.41) is 0. The maximum Gasteiger partial charge on any atom is 0.332 e. The van der Waals surface area contributed by atoms with Gasteiger partial charge in [0, 0.05) is 26.2 Å². The highest BCUT2D eigenvalue weighted by Crippen LogP contribution is 2.29. The molecular weight excluding hydrogens is 370 g/mol. The molecule has 0 atom stereocenters. The fraction of sp³-hybridized carbons (Fsp3) is 0.350. The number of imide groups is 1. The predicted octanol–water partition coefficient (Wildman–Crippen LogP) is 1.80. The van der Waals surface area contributed by atoms with Crippen molar-refractivity contribution in [3.63, 3.8) is 0 Å². The summed E-state index contributed by atoms with van der Waals surface area (Å²) in [6.45, 7) is 1.65. The fourth-order valence-corrected chi connectivity index (χ4v) is 4.23. The standard InChI is InChI=1S/C20H21N7O2/c1-24-13-23-18-17(24)19(22-12-21-18)25-9-7-14(8-10-25)26-11-16(28)27(20(26)29)15-5-3-2-4-6-15/h2-6,12-14H,7-11H2,1H3. The number of fused-ring (bicyclic) bond motifs is 1. The minimum Gasteiger partial charge on any atom is -0.355 e. The van der Waals surface area contributed by atoms with Crippen molar-refractivity contribution in [1.82, 2.24) is 24.4 Å². The number of aromatic nitrogens is 4. The molecule has 148 valence electrons. The fourth-order valence-electron chi connectivity index (χ4n) is 4.23. The molecule has 9 heteroatoms. The van der Waals surface area contributed by atoms with Crippen LogP contribution in [0.15, 0.2) is 43.0 Å². The van der Waals surface area contributed by atoms with Crippen LogP contribution in [0.1, 0.15) is 12.8 Å². The molecular formula is C20H21N7O2. The van der Waals surface area contributed by atoms with Crippen molar-refractivity contribution < 1.29 is 9.59 Å². The summed E-state index contributed by atoms with van der Waals surface area (Å²) in [6, 6.07) is 8.92. The average molecular weight is 391 g/mol. The number of amides is 3. The Kier molecular flexibility index (Phi) is 4.15. The van der Waals surface area contributed by atoms with Gasteiger partial charge in [0.1, 0.15) is 18.4 Å². The molecule has 9 nitrogen and oxygen atoms in total. The van der Waals surface area contributed by atoms with Gasteiger partial charge >= 0.3 is 6.03 Å². The Bertz CT molecular complexity index is 1070. The molecule has 4 heterocycles. The number of aryl methyl sites for hydroxylation is 1. The third-order valence-corrected chi connectivity index (χ3v) is 5.70. The molecule has 2 fully saturated rings. The molecule has 3 aromatic rings. The van der Waals surface area contributed by atoms with E-state index in [0.717, 1.165) is 37.3 Å². The number of anilines is 2. The maximum atomic E-state index is 12.9. The zero-order valence-electron chi connectivity index (χ0n) is 16.1. The molecule has 2 aliphatic rings. The molecule has 0 saturated carbocycles. The molecule has 5 rings (SSSR count). The van der Waals surface area contributed by atoms with E-state index in [-0.39, 0.29) is 24.5 Å². The SMILES string of the molecule is Cn1cnc2ncnc(N3CCC(N4CC(=O)N(c5ccccc5)C4=O)CC3)c21. The summed E-state index contributed by atoms with van der Waals surface area (Å²) in [7, 11) is 1.93. The van der Waals surface area contributed by atoms with Crippen LogP contribution in [-0.2, 0) is 11.8 Å². The molecule has 0 N–H and O–H groups in total. The second kappa shape index (κ2) is 6.84. The van der Waals surface area contributed by atoms with Gasteiger partial charge in [-0.1, -0.05) is 18.2 Å². The van der Waals surface area contributed by atoms with E-state index >= 15 is 0 Å². The molecule has 3 amide bonds. The van der Waals surface area contributed by atoms with Crippen LogP contribution in [0.2, 0.25) is 0 Å². The van der Waals surface area contributed by atoms with Gasteiger partial charge in [0.05, 0.1) is 12.0 Å². The van der Waals surface area contributed by atoms with Gasteiger partial charge in [0.2, 0.25) is 0 Å². The Morgan fingerprint density at radius 1 is 1.00 bits per heavy atom. The van der Waals surface area contributed by atoms with E-state index in [2.05, 4.69) is 19.9 Å². The molecule has 0 radical (unpaired) electrons. The molecule has 0 spiro atoms. The van der Waals surface area contributed by atoms with Crippen LogP contribution in [0.3, 0.4) is 0 Å². The summed E-state index contributed by atoms with van der Waals surface area (Å²) in [4.78, 5) is 43.6. The number of benzene rings is 1. The van der Waals surface area contributed by atoms with E-state index in [0.29, 0.717) is 11.3 Å². The monoisotopic (exact) mass is 391 g/mol. The maximum absolute atomic E-state index is 12.9. The summed E-state index contributed by atoms with van der Waals surface area (Å²) >= 11 is 0. The lowest BCUT2D eigenvalue weighted by atomic mass is 10.0. The van der Waals surface area contributed by atoms with Gasteiger partial charge in [-0.25, -0.2) is 24.6 Å². The second-order valence-electron chi connectivity index (χ2n) is 7.42. The van der Waals surface area contributed by atoms with Crippen LogP contribution in [0, 0.1) is 0 Å². The average Bonchev–Trinajstić information content (AvgIpc) is 3.28. The van der Waals surface area contributed by atoms with Gasteiger partial charge in [0.15, 0.2) is 11.5 Å². The number of piperidine rings is 1. The van der Waals surface area contributed by atoms with Crippen molar-refractivity contribution in [2.75, 3.05) is 29.4 Å². The molecule has 2 aliphatic heterocycles. The highest BCUT2D eigenvalue weighted by atomic mass is 16.2. The minimum absolute atomic E-state index is 0.0419. The number of carbonyl (C=O) groups is 2. The Hall–Kier alpha value is -3.49. The Morgan fingerprint density at radius 3 is 2.52 bits per heavy atom. The summed E-state index contributed by atoms with van der Waals surface area (Å²) in [6.07, 6.45) is 4.84. The van der Waals surface area contributed by atoms with Crippen molar-refractivity contribution in [3.8, 4) is 0 Å². The first-order chi connectivity index (χ1) is 14.1. The van der Waals surface area contributed by atoms with Gasteiger partial charge in [-0.05, 0) is 25.0 Å². The predicted molar refractivity (Wildman–Crippen MR) is 108 cm³/mol. The summed E-state index contributed by atoms with van der Waals surface area (Å²) < 4.78 is 1.93. The van der Waals surface area contributed by atoms with Crippen LogP contribution in [0.5, 0.6) is 0 Å². The number of para-hydroxylation sites is 1. The molecule has 0 aliphatic carbocycles. The van der Waals surface area contributed by atoms with Crippen molar-refractivity contribution in [1.29, 1.82) is 0 Å². The topological polar surface area (TPSA) is 87.5 Å². The summed E-state index contributed by atoms with van der Waals surface area (Å²) in [5.41, 5.74) is 2.22. The number of hydrogen-bond acceptors (Lipinski definition) is 6. The zero-order valence-corrected chi connectivity index (χ0v) is 16.1. The van der Waals surface area contributed by atoms with Crippen LogP contribution < -0.4 is 9.80 Å². The van der Waals surface area contributed by atoms with Crippen LogP contribution in [0.25, 0.3) is 11.2 Å². The van der Waals surface area contributed by atoms with Crippen molar-refractivity contribution in [2.45, 2.75) is 18.9 Å². The normalized spacial score (nSPS) is 18.3. The van der Waals surface area contributed by atoms with Gasteiger partial charge < -0.3 is 14.4 Å². The first kappa shape index (κ1) is 17.6. The van der Waals surface area contributed by atoms with Gasteiger partial charge in [-0.15, -0.1) is 0 Å². The van der Waals surface area contributed by atoms with E-state index < -0.39 is 0 Å². The first-order valence-corrected chi connectivity index (χ1v) is 9.69. The minimum atomic E-state index is -0.226. The largest absolute Gasteiger partial charge is 0.355 e. The Morgan fingerprint density at radius 2 is 1.76 bits per heavy atom. The summed E-state index contributed by atoms with van der Waals surface area (Å²) in [5.74, 6) is 0.694. The highest BCUT2D eigenvalue weighted by molar-refractivity contribution is 6.19. The van der Waals surface area contributed by atoms with E-state index in [9.17, 15) is 9.59 Å². The van der Waals surface area contributed by atoms with Crippen LogP contribution in [-0.4, -0.2) is 62.0 Å². The molecule has 0 bridgehead atoms. The highest BCUT2D eigenvalue weighted by Gasteiger charge is 2.41. The van der Waals surface area contributed by atoms with Crippen molar-refractivity contribution in [3.05, 3.63) is 43.0 Å². The van der Waals surface area contributed by atoms with Crippen molar-refractivity contribution >= 4 is 34.6 Å². The van der Waals surface area contributed by atoms with E-state index in [4.69, 9.17) is 0 Å². The number of carbonyl (C=O) groups excluding carboxylic acids is 2. The van der Waals surface area contributed by atoms with Crippen molar-refractivity contribution in [2.24, 2.45) is 7.05 Å². The third kappa shape index (κ3) is 2.89. The third-order valence-electron chi connectivity index (χ3n) is 5.70. The smallest absolute Gasteiger partial charge is 0.332 e. The second-order valence-corrected chi connectivity index (χ2v) is 7.42. The molecule has 2 aromatic heterocycles. The zero-order chi connectivity index (χ0) is 20.0. The van der Waals surface area contributed by atoms with Gasteiger partial charge in [-0.3, -0.25) is 4.79 Å². The van der Waals surface area contributed by atoms with E-state index in [1.54, 1.807) is 23.4 Å². The molecule has 1 aromatic carbocycles. The van der Waals surface area contributed by atoms with E-state index in [1.165, 1.54) is 11.2 Å². The molecule has 2 saturated heterocycles. The van der Waals surface area contributed by atoms with Crippen LogP contribution in [0.4, 0.5) is 16.3 Å². The number of rotatable bonds is 3. The number of imidazole rings is 1. The lowest BCUT2D eigenvalue weighted by molar-refractivity contribution is -0.116. The first-order valence-electron chi connectivity index (χ1n) is 9.69. The number of hydrogen-bond donors (Lipinski definition) is 0. The lowest BCUT2D eigenvalue weighted by Gasteiger charge is -2.36. The Labute approximate surface area is 167 Å². The Balaban J connectivity index is 1.31. The van der Waals surface area contributed by atoms with Crippen LogP contribution >= 0.6 is 0 Å². The number of urea groups is 1. The molecule has 0 unspecified atom stereocenters. The van der Waals surface area contributed by atoms with Gasteiger partial charge in [0.25, 0.3) is 5.91 Å². The quantitative estimate of drug-likeness (QED) is 0.633. The number of nitrogens with zero attached hydrogens (tertiary/aromatic N) is 7. The molecule has 29 heavy (non-hydrogen) atoms. The lowest BCUT2D eigenvalue weighted by Crippen LogP contribution is -2.47.